The average Bonchev–Trinajstić information content (AvgIpc) is 3.30. The molecule has 0 spiro atoms. The zero-order valence-electron chi connectivity index (χ0n) is 22.0. The Morgan fingerprint density at radius 2 is 1.68 bits per heavy atom. The SMILES string of the molecule is CC1NNC(C)C1c1ccc2c(c1)nc(Nc1ccc(OC(F)(F)F)cc1)n2[C@@H]1C[C@H](C)CC(C)(C)C1. The summed E-state index contributed by atoms with van der Waals surface area (Å²) in [5.74, 6) is 1.35. The molecular weight excluding hydrogens is 479 g/mol. The van der Waals surface area contributed by atoms with Crippen molar-refractivity contribution < 1.29 is 17.9 Å². The first-order valence-electron chi connectivity index (χ1n) is 13.0. The third-order valence-electron chi connectivity index (χ3n) is 7.79. The summed E-state index contributed by atoms with van der Waals surface area (Å²) >= 11 is 0. The first kappa shape index (κ1) is 25.9. The highest BCUT2D eigenvalue weighted by atomic mass is 19.4. The number of fused-ring (bicyclic) bond motifs is 1. The van der Waals surface area contributed by atoms with Crippen LogP contribution in [-0.4, -0.2) is 28.0 Å². The number of nitrogens with one attached hydrogen (secondary N) is 3. The summed E-state index contributed by atoms with van der Waals surface area (Å²) in [7, 11) is 0. The molecule has 0 radical (unpaired) electrons. The molecule has 2 aromatic carbocycles. The minimum absolute atomic E-state index is 0.207. The monoisotopic (exact) mass is 515 g/mol. The van der Waals surface area contributed by atoms with Crippen molar-refractivity contribution in [1.82, 2.24) is 20.4 Å². The quantitative estimate of drug-likeness (QED) is 0.340. The maximum absolute atomic E-state index is 12.6. The highest BCUT2D eigenvalue weighted by molar-refractivity contribution is 5.81. The van der Waals surface area contributed by atoms with Crippen LogP contribution in [0.3, 0.4) is 0 Å². The van der Waals surface area contributed by atoms with E-state index < -0.39 is 6.36 Å². The van der Waals surface area contributed by atoms with E-state index in [0.29, 0.717) is 35.6 Å². The van der Waals surface area contributed by atoms with E-state index >= 15 is 0 Å². The molecule has 9 heteroatoms. The van der Waals surface area contributed by atoms with E-state index in [1.54, 1.807) is 12.1 Å². The van der Waals surface area contributed by atoms with E-state index in [9.17, 15) is 13.2 Å². The molecule has 2 fully saturated rings. The molecule has 2 unspecified atom stereocenters. The number of hydrogen-bond acceptors (Lipinski definition) is 5. The van der Waals surface area contributed by atoms with Gasteiger partial charge in [0.15, 0.2) is 0 Å². The van der Waals surface area contributed by atoms with Crippen LogP contribution in [0.15, 0.2) is 42.5 Å². The molecule has 5 rings (SSSR count). The Morgan fingerprint density at radius 3 is 2.30 bits per heavy atom. The van der Waals surface area contributed by atoms with Crippen molar-refractivity contribution in [2.45, 2.75) is 84.3 Å². The third kappa shape index (κ3) is 5.57. The first-order chi connectivity index (χ1) is 17.4. The average molecular weight is 516 g/mol. The van der Waals surface area contributed by atoms with Crippen molar-refractivity contribution in [1.29, 1.82) is 0 Å². The van der Waals surface area contributed by atoms with Crippen LogP contribution in [0.1, 0.15) is 71.4 Å². The maximum atomic E-state index is 12.6. The fourth-order valence-corrected chi connectivity index (χ4v) is 6.60. The predicted octanol–water partition coefficient (Wildman–Crippen LogP) is 7.03. The van der Waals surface area contributed by atoms with Crippen molar-refractivity contribution in [2.24, 2.45) is 11.3 Å². The minimum Gasteiger partial charge on any atom is -0.406 e. The minimum atomic E-state index is -4.72. The summed E-state index contributed by atoms with van der Waals surface area (Å²) in [6.07, 6.45) is -1.46. The van der Waals surface area contributed by atoms with Crippen molar-refractivity contribution in [3.8, 4) is 5.75 Å². The van der Waals surface area contributed by atoms with Gasteiger partial charge in [0.2, 0.25) is 5.95 Å². The highest BCUT2D eigenvalue weighted by Crippen LogP contribution is 2.46. The number of halogens is 3. The van der Waals surface area contributed by atoms with Gasteiger partial charge in [0.05, 0.1) is 11.0 Å². The van der Waals surface area contributed by atoms with Crippen LogP contribution >= 0.6 is 0 Å². The van der Waals surface area contributed by atoms with Gasteiger partial charge in [-0.2, -0.15) is 0 Å². The van der Waals surface area contributed by atoms with Gasteiger partial charge in [-0.1, -0.05) is 26.8 Å². The number of aromatic nitrogens is 2. The topological polar surface area (TPSA) is 63.1 Å². The number of ether oxygens (including phenoxy) is 1. The molecule has 6 nitrogen and oxygen atoms in total. The number of imidazole rings is 1. The van der Waals surface area contributed by atoms with Gasteiger partial charge in [0, 0.05) is 29.7 Å². The number of alkyl halides is 3. The molecule has 2 aliphatic rings. The van der Waals surface area contributed by atoms with Gasteiger partial charge in [0.1, 0.15) is 5.75 Å². The van der Waals surface area contributed by atoms with Crippen LogP contribution in [0, 0.1) is 11.3 Å². The largest absolute Gasteiger partial charge is 0.573 e. The summed E-state index contributed by atoms with van der Waals surface area (Å²) in [4.78, 5) is 5.02. The number of rotatable bonds is 5. The van der Waals surface area contributed by atoms with Gasteiger partial charge in [-0.3, -0.25) is 10.9 Å². The summed E-state index contributed by atoms with van der Waals surface area (Å²) in [5, 5.41) is 3.39. The first-order valence-corrected chi connectivity index (χ1v) is 13.0. The highest BCUT2D eigenvalue weighted by Gasteiger charge is 2.36. The Balaban J connectivity index is 1.53. The molecule has 3 N–H and O–H groups in total. The van der Waals surface area contributed by atoms with Crippen LogP contribution < -0.4 is 20.9 Å². The third-order valence-corrected chi connectivity index (χ3v) is 7.79. The number of benzene rings is 2. The van der Waals surface area contributed by atoms with Crippen molar-refractivity contribution in [3.05, 3.63) is 48.0 Å². The molecule has 1 saturated heterocycles. The number of hydrogen-bond donors (Lipinski definition) is 3. The molecule has 4 atom stereocenters. The van der Waals surface area contributed by atoms with Crippen molar-refractivity contribution in [3.63, 3.8) is 0 Å². The molecule has 0 amide bonds. The summed E-state index contributed by atoms with van der Waals surface area (Å²) in [6.45, 7) is 11.3. The van der Waals surface area contributed by atoms with Gasteiger partial charge in [-0.25, -0.2) is 4.98 Å². The predicted molar refractivity (Wildman–Crippen MR) is 140 cm³/mol. The summed E-state index contributed by atoms with van der Waals surface area (Å²) in [5.41, 5.74) is 10.7. The fraction of sp³-hybridized carbons (Fsp3) is 0.536. The second-order valence-electron chi connectivity index (χ2n) is 11.7. The Morgan fingerprint density at radius 1 is 1.00 bits per heavy atom. The van der Waals surface area contributed by atoms with Crippen molar-refractivity contribution >= 4 is 22.7 Å². The van der Waals surface area contributed by atoms with Crippen LogP contribution in [0.5, 0.6) is 5.75 Å². The van der Waals surface area contributed by atoms with Crippen LogP contribution in [0.2, 0.25) is 0 Å². The molecule has 37 heavy (non-hydrogen) atoms. The van der Waals surface area contributed by atoms with Crippen LogP contribution in [0.25, 0.3) is 11.0 Å². The van der Waals surface area contributed by atoms with Gasteiger partial charge in [-0.05, 0) is 86.4 Å². The maximum Gasteiger partial charge on any atom is 0.573 e. The summed E-state index contributed by atoms with van der Waals surface area (Å²) in [6, 6.07) is 13.2. The zero-order valence-corrected chi connectivity index (χ0v) is 22.0. The molecule has 0 bridgehead atoms. The molecule has 200 valence electrons. The standard InChI is InChI=1S/C28H36F3N5O/c1-16-12-21(15-27(4,5)14-16)36-24-11-6-19(25-17(2)34-35-18(25)3)13-23(24)33-26(36)32-20-7-9-22(10-8-20)37-28(29,30)31/h6-11,13,16-18,21,25,34-35H,12,14-15H2,1-5H3,(H,32,33)/t16-,17?,18?,21+,25?/m0/s1. The van der Waals surface area contributed by atoms with Gasteiger partial charge in [-0.15, -0.1) is 13.2 Å². The second kappa shape index (κ2) is 9.51. The lowest BCUT2D eigenvalue weighted by Crippen LogP contribution is -2.30. The molecule has 1 aromatic heterocycles. The van der Waals surface area contributed by atoms with E-state index in [-0.39, 0.29) is 17.2 Å². The lowest BCUT2D eigenvalue weighted by atomic mass is 9.70. The molecule has 1 aliphatic heterocycles. The van der Waals surface area contributed by atoms with Crippen LogP contribution in [-0.2, 0) is 0 Å². The van der Waals surface area contributed by atoms with Crippen LogP contribution in [0.4, 0.5) is 24.8 Å². The lowest BCUT2D eigenvalue weighted by Gasteiger charge is -2.40. The van der Waals surface area contributed by atoms with Gasteiger partial charge < -0.3 is 14.6 Å². The van der Waals surface area contributed by atoms with E-state index in [0.717, 1.165) is 23.9 Å². The van der Waals surface area contributed by atoms with E-state index in [1.165, 1.54) is 24.1 Å². The number of anilines is 2. The van der Waals surface area contributed by atoms with E-state index in [4.69, 9.17) is 4.98 Å². The van der Waals surface area contributed by atoms with Crippen molar-refractivity contribution in [2.75, 3.05) is 5.32 Å². The Hall–Kier alpha value is -2.78. The Labute approximate surface area is 216 Å². The van der Waals surface area contributed by atoms with Gasteiger partial charge in [0.25, 0.3) is 0 Å². The summed E-state index contributed by atoms with van der Waals surface area (Å²) < 4.78 is 44.1. The Kier molecular flexibility index (Phi) is 6.64. The smallest absolute Gasteiger partial charge is 0.406 e. The normalized spacial score (nSPS) is 27.9. The molecule has 3 aromatic rings. The molecular formula is C28H36F3N5O. The van der Waals surface area contributed by atoms with E-state index in [2.05, 4.69) is 78.3 Å². The van der Waals surface area contributed by atoms with Gasteiger partial charge >= 0.3 is 6.36 Å². The molecule has 2 heterocycles. The number of nitrogens with zero attached hydrogens (tertiary/aromatic N) is 2. The number of hydrazine groups is 1. The lowest BCUT2D eigenvalue weighted by molar-refractivity contribution is -0.274. The zero-order chi connectivity index (χ0) is 26.5. The van der Waals surface area contributed by atoms with E-state index in [1.807, 2.05) is 0 Å². The Bertz CT molecular complexity index is 1240. The molecule has 1 saturated carbocycles. The fourth-order valence-electron chi connectivity index (χ4n) is 6.60. The second-order valence-corrected chi connectivity index (χ2v) is 11.7. The molecule has 1 aliphatic carbocycles.